The zero-order valence-corrected chi connectivity index (χ0v) is 10.9. The van der Waals surface area contributed by atoms with Crippen LogP contribution in [0, 0.1) is 10.1 Å². The summed E-state index contributed by atoms with van der Waals surface area (Å²) < 4.78 is 37.5. The standard InChI is InChI=1S/C10H14F3N5O2/c1-3-14-8-7(18(19)20)9(16-6-15-8)17(4-2)5-10(11,12)13/h6H,3-5H2,1-2H3,(H,14,15,16). The van der Waals surface area contributed by atoms with Gasteiger partial charge in [-0.3, -0.25) is 10.1 Å². The Kier molecular flexibility index (Phi) is 5.06. The maximum atomic E-state index is 12.5. The first kappa shape index (κ1) is 15.9. The van der Waals surface area contributed by atoms with Crippen LogP contribution >= 0.6 is 0 Å². The fourth-order valence-electron chi connectivity index (χ4n) is 1.62. The van der Waals surface area contributed by atoms with Crippen LogP contribution in [0.3, 0.4) is 0 Å². The third kappa shape index (κ3) is 3.93. The monoisotopic (exact) mass is 293 g/mol. The summed E-state index contributed by atoms with van der Waals surface area (Å²) in [5, 5.41) is 13.7. The van der Waals surface area contributed by atoms with Crippen molar-refractivity contribution >= 4 is 17.3 Å². The maximum Gasteiger partial charge on any atom is 0.405 e. The number of hydrogen-bond acceptors (Lipinski definition) is 6. The molecule has 7 nitrogen and oxygen atoms in total. The van der Waals surface area contributed by atoms with Gasteiger partial charge in [0.05, 0.1) is 4.92 Å². The highest BCUT2D eigenvalue weighted by Crippen LogP contribution is 2.33. The van der Waals surface area contributed by atoms with E-state index < -0.39 is 23.3 Å². The van der Waals surface area contributed by atoms with Crippen molar-refractivity contribution in [1.82, 2.24) is 9.97 Å². The number of nitrogens with one attached hydrogen (secondary N) is 1. The second kappa shape index (κ2) is 6.35. The number of aromatic nitrogens is 2. The SMILES string of the molecule is CCNc1ncnc(N(CC)CC(F)(F)F)c1[N+](=O)[O-]. The molecule has 0 aromatic carbocycles. The minimum absolute atomic E-state index is 0.0665. The molecule has 0 radical (unpaired) electrons. The van der Waals surface area contributed by atoms with E-state index in [-0.39, 0.29) is 18.2 Å². The van der Waals surface area contributed by atoms with Gasteiger partial charge in [0.25, 0.3) is 0 Å². The van der Waals surface area contributed by atoms with Gasteiger partial charge in [0.1, 0.15) is 12.9 Å². The average Bonchev–Trinajstić information content (AvgIpc) is 2.34. The predicted molar refractivity (Wildman–Crippen MR) is 66.8 cm³/mol. The van der Waals surface area contributed by atoms with E-state index in [1.165, 1.54) is 6.92 Å². The van der Waals surface area contributed by atoms with Gasteiger partial charge in [-0.15, -0.1) is 0 Å². The van der Waals surface area contributed by atoms with Crippen molar-refractivity contribution in [2.24, 2.45) is 0 Å². The number of rotatable bonds is 6. The van der Waals surface area contributed by atoms with Gasteiger partial charge in [-0.1, -0.05) is 0 Å². The van der Waals surface area contributed by atoms with E-state index in [9.17, 15) is 23.3 Å². The normalized spacial score (nSPS) is 11.2. The van der Waals surface area contributed by atoms with Crippen molar-refractivity contribution in [3.05, 3.63) is 16.4 Å². The molecule has 0 spiro atoms. The van der Waals surface area contributed by atoms with Gasteiger partial charge in [0, 0.05) is 13.1 Å². The molecule has 0 saturated heterocycles. The van der Waals surface area contributed by atoms with Gasteiger partial charge in [-0.2, -0.15) is 13.2 Å². The second-order valence-electron chi connectivity index (χ2n) is 3.81. The zero-order chi connectivity index (χ0) is 15.3. The van der Waals surface area contributed by atoms with Crippen molar-refractivity contribution in [1.29, 1.82) is 0 Å². The molecule has 0 saturated carbocycles. The van der Waals surface area contributed by atoms with Gasteiger partial charge < -0.3 is 10.2 Å². The summed E-state index contributed by atoms with van der Waals surface area (Å²) in [6.07, 6.45) is -3.48. The Balaban J connectivity index is 3.27. The Morgan fingerprint density at radius 2 is 2.05 bits per heavy atom. The molecule has 0 atom stereocenters. The van der Waals surface area contributed by atoms with Crippen molar-refractivity contribution < 1.29 is 18.1 Å². The van der Waals surface area contributed by atoms with E-state index in [1.807, 2.05) is 0 Å². The van der Waals surface area contributed by atoms with Crippen LogP contribution in [0.2, 0.25) is 0 Å². The third-order valence-electron chi connectivity index (χ3n) is 2.38. The summed E-state index contributed by atoms with van der Waals surface area (Å²) in [5.41, 5.74) is -0.555. The summed E-state index contributed by atoms with van der Waals surface area (Å²) in [6.45, 7) is 2.13. The molecule has 1 aromatic rings. The summed E-state index contributed by atoms with van der Waals surface area (Å²) in [6, 6.07) is 0. The fourth-order valence-corrected chi connectivity index (χ4v) is 1.62. The van der Waals surface area contributed by atoms with Crippen LogP contribution in [0.5, 0.6) is 0 Å². The number of alkyl halides is 3. The number of hydrogen-bond donors (Lipinski definition) is 1. The minimum atomic E-state index is -4.48. The minimum Gasteiger partial charge on any atom is -0.364 e. The van der Waals surface area contributed by atoms with Crippen molar-refractivity contribution in [2.75, 3.05) is 29.9 Å². The lowest BCUT2D eigenvalue weighted by Crippen LogP contribution is -2.35. The number of anilines is 2. The lowest BCUT2D eigenvalue weighted by atomic mass is 10.3. The highest BCUT2D eigenvalue weighted by atomic mass is 19.4. The van der Waals surface area contributed by atoms with E-state index in [0.29, 0.717) is 6.54 Å². The molecule has 0 amide bonds. The van der Waals surface area contributed by atoms with Crippen molar-refractivity contribution in [3.63, 3.8) is 0 Å². The molecule has 1 heterocycles. The van der Waals surface area contributed by atoms with Gasteiger partial charge in [0.15, 0.2) is 0 Å². The van der Waals surface area contributed by atoms with Gasteiger partial charge >= 0.3 is 11.9 Å². The van der Waals surface area contributed by atoms with Gasteiger partial charge in [-0.25, -0.2) is 9.97 Å². The highest BCUT2D eigenvalue weighted by molar-refractivity contribution is 5.70. The molecule has 10 heteroatoms. The van der Waals surface area contributed by atoms with E-state index in [4.69, 9.17) is 0 Å². The Morgan fingerprint density at radius 1 is 1.40 bits per heavy atom. The highest BCUT2D eigenvalue weighted by Gasteiger charge is 2.34. The number of nitrogens with zero attached hydrogens (tertiary/aromatic N) is 4. The molecule has 0 aliphatic rings. The maximum absolute atomic E-state index is 12.5. The molecule has 0 unspecified atom stereocenters. The first-order chi connectivity index (χ1) is 9.30. The summed E-state index contributed by atoms with van der Waals surface area (Å²) in [4.78, 5) is 18.4. The molecule has 0 aliphatic carbocycles. The van der Waals surface area contributed by atoms with Gasteiger partial charge in [-0.05, 0) is 13.8 Å². The Labute approximate surface area is 113 Å². The van der Waals surface area contributed by atoms with Crippen LogP contribution in [-0.4, -0.2) is 40.7 Å². The fraction of sp³-hybridized carbons (Fsp3) is 0.600. The predicted octanol–water partition coefficient (Wildman–Crippen LogP) is 2.21. The first-order valence-corrected chi connectivity index (χ1v) is 5.85. The van der Waals surface area contributed by atoms with Crippen LogP contribution in [-0.2, 0) is 0 Å². The molecule has 20 heavy (non-hydrogen) atoms. The van der Waals surface area contributed by atoms with Crippen molar-refractivity contribution in [2.45, 2.75) is 20.0 Å². The average molecular weight is 293 g/mol. The smallest absolute Gasteiger partial charge is 0.364 e. The molecule has 112 valence electrons. The van der Waals surface area contributed by atoms with Crippen LogP contribution in [0.15, 0.2) is 6.33 Å². The zero-order valence-electron chi connectivity index (χ0n) is 10.9. The first-order valence-electron chi connectivity index (χ1n) is 5.85. The lowest BCUT2D eigenvalue weighted by molar-refractivity contribution is -0.383. The Bertz CT molecular complexity index is 480. The van der Waals surface area contributed by atoms with E-state index in [0.717, 1.165) is 11.2 Å². The second-order valence-corrected chi connectivity index (χ2v) is 3.81. The molecular weight excluding hydrogens is 279 g/mol. The summed E-state index contributed by atoms with van der Waals surface area (Å²) in [5.74, 6) is -0.441. The molecule has 0 aliphatic heterocycles. The number of nitro groups is 1. The summed E-state index contributed by atoms with van der Waals surface area (Å²) >= 11 is 0. The van der Waals surface area contributed by atoms with Crippen LogP contribution in [0.1, 0.15) is 13.8 Å². The lowest BCUT2D eigenvalue weighted by Gasteiger charge is -2.23. The Hall–Kier alpha value is -2.13. The molecule has 0 fully saturated rings. The van der Waals surface area contributed by atoms with Crippen LogP contribution in [0.25, 0.3) is 0 Å². The van der Waals surface area contributed by atoms with Crippen LogP contribution < -0.4 is 10.2 Å². The van der Waals surface area contributed by atoms with Gasteiger partial charge in [0.2, 0.25) is 11.6 Å². The molecule has 1 N–H and O–H groups in total. The van der Waals surface area contributed by atoms with E-state index in [1.54, 1.807) is 6.92 Å². The van der Waals surface area contributed by atoms with Crippen molar-refractivity contribution in [3.8, 4) is 0 Å². The van der Waals surface area contributed by atoms with E-state index in [2.05, 4.69) is 15.3 Å². The topological polar surface area (TPSA) is 84.2 Å². The molecule has 1 aromatic heterocycles. The van der Waals surface area contributed by atoms with E-state index >= 15 is 0 Å². The Morgan fingerprint density at radius 3 is 2.50 bits per heavy atom. The summed E-state index contributed by atoms with van der Waals surface area (Å²) in [7, 11) is 0. The molecule has 1 rings (SSSR count). The number of halogens is 3. The third-order valence-corrected chi connectivity index (χ3v) is 2.38. The quantitative estimate of drug-likeness (QED) is 0.639. The molecule has 0 bridgehead atoms. The molecular formula is C10H14F3N5O2. The van der Waals surface area contributed by atoms with Crippen LogP contribution in [0.4, 0.5) is 30.5 Å². The largest absolute Gasteiger partial charge is 0.405 e.